The first-order chi connectivity index (χ1) is 9.28. The average molecular weight is 305 g/mol. The standard InChI is InChI=1S/C15H31NO3S/c1-6-15(2,3)12-7-8-13(16-4)14(11-12)20(17,18)10-9-19-5/h12-14,16H,6-11H2,1-5H3. The van der Waals surface area contributed by atoms with E-state index in [-0.39, 0.29) is 29.1 Å². The predicted octanol–water partition coefficient (Wildman–Crippen LogP) is 2.24. The number of hydrogen-bond acceptors (Lipinski definition) is 4. The number of hydrogen-bond donors (Lipinski definition) is 1. The zero-order valence-electron chi connectivity index (χ0n) is 13.6. The van der Waals surface area contributed by atoms with Gasteiger partial charge in [-0.3, -0.25) is 0 Å². The molecule has 0 amide bonds. The number of sulfone groups is 1. The van der Waals surface area contributed by atoms with Crippen LogP contribution in [-0.2, 0) is 14.6 Å². The van der Waals surface area contributed by atoms with Gasteiger partial charge in [-0.2, -0.15) is 0 Å². The minimum atomic E-state index is -3.10. The van der Waals surface area contributed by atoms with Crippen molar-refractivity contribution in [3.63, 3.8) is 0 Å². The molecular formula is C15H31NO3S. The molecule has 0 radical (unpaired) electrons. The maximum Gasteiger partial charge on any atom is 0.156 e. The molecule has 0 aromatic heterocycles. The Labute approximate surface area is 124 Å². The fourth-order valence-corrected chi connectivity index (χ4v) is 5.21. The van der Waals surface area contributed by atoms with Crippen LogP contribution in [0.25, 0.3) is 0 Å². The van der Waals surface area contributed by atoms with Crippen LogP contribution >= 0.6 is 0 Å². The van der Waals surface area contributed by atoms with Crippen molar-refractivity contribution in [1.82, 2.24) is 5.32 Å². The summed E-state index contributed by atoms with van der Waals surface area (Å²) in [4.78, 5) is 0. The summed E-state index contributed by atoms with van der Waals surface area (Å²) in [5, 5.41) is 2.94. The Morgan fingerprint density at radius 3 is 2.45 bits per heavy atom. The Balaban J connectivity index is 2.89. The quantitative estimate of drug-likeness (QED) is 0.784. The van der Waals surface area contributed by atoms with E-state index in [0.29, 0.717) is 5.92 Å². The van der Waals surface area contributed by atoms with E-state index in [1.165, 1.54) is 0 Å². The van der Waals surface area contributed by atoms with Crippen molar-refractivity contribution in [2.24, 2.45) is 11.3 Å². The lowest BCUT2D eigenvalue weighted by atomic mass is 9.68. The van der Waals surface area contributed by atoms with E-state index < -0.39 is 9.84 Å². The molecule has 20 heavy (non-hydrogen) atoms. The maximum absolute atomic E-state index is 12.6. The summed E-state index contributed by atoms with van der Waals surface area (Å²) in [6.07, 6.45) is 3.93. The first-order valence-corrected chi connectivity index (χ1v) is 9.37. The van der Waals surface area contributed by atoms with Crippen LogP contribution in [0.5, 0.6) is 0 Å². The summed E-state index contributed by atoms with van der Waals surface area (Å²) in [6, 6.07) is 0.0840. The second kappa shape index (κ2) is 7.23. The lowest BCUT2D eigenvalue weighted by Gasteiger charge is -2.42. The van der Waals surface area contributed by atoms with Crippen LogP contribution in [0, 0.1) is 11.3 Å². The van der Waals surface area contributed by atoms with Gasteiger partial charge in [-0.15, -0.1) is 0 Å². The van der Waals surface area contributed by atoms with Crippen molar-refractivity contribution in [3.05, 3.63) is 0 Å². The second-order valence-electron chi connectivity index (χ2n) is 6.65. The summed E-state index contributed by atoms with van der Waals surface area (Å²) in [7, 11) is 0.325. The first kappa shape index (κ1) is 17.9. The molecule has 0 heterocycles. The molecule has 0 spiro atoms. The number of ether oxygens (including phenoxy) is 1. The van der Waals surface area contributed by atoms with E-state index in [4.69, 9.17) is 4.74 Å². The van der Waals surface area contributed by atoms with Gasteiger partial charge in [0.15, 0.2) is 9.84 Å². The Bertz CT molecular complexity index is 392. The van der Waals surface area contributed by atoms with Gasteiger partial charge < -0.3 is 10.1 Å². The van der Waals surface area contributed by atoms with Gasteiger partial charge >= 0.3 is 0 Å². The minimum Gasteiger partial charge on any atom is -0.384 e. The fraction of sp³-hybridized carbons (Fsp3) is 1.00. The van der Waals surface area contributed by atoms with Crippen LogP contribution in [0.4, 0.5) is 0 Å². The third-order valence-corrected chi connectivity index (χ3v) is 7.39. The van der Waals surface area contributed by atoms with Crippen molar-refractivity contribution in [2.75, 3.05) is 26.5 Å². The lowest BCUT2D eigenvalue weighted by molar-refractivity contribution is 0.140. The fourth-order valence-electron chi connectivity index (χ4n) is 3.21. The molecule has 0 bridgehead atoms. The molecule has 3 atom stereocenters. The topological polar surface area (TPSA) is 55.4 Å². The summed E-state index contributed by atoms with van der Waals surface area (Å²) in [5.41, 5.74) is 0.216. The van der Waals surface area contributed by atoms with Gasteiger partial charge in [-0.25, -0.2) is 8.42 Å². The maximum atomic E-state index is 12.6. The predicted molar refractivity (Wildman–Crippen MR) is 83.7 cm³/mol. The molecule has 0 aromatic rings. The molecule has 1 fully saturated rings. The molecule has 1 N–H and O–H groups in total. The number of rotatable bonds is 7. The van der Waals surface area contributed by atoms with Crippen LogP contribution < -0.4 is 5.32 Å². The highest BCUT2D eigenvalue weighted by molar-refractivity contribution is 7.92. The van der Waals surface area contributed by atoms with Crippen molar-refractivity contribution in [2.45, 2.75) is 57.7 Å². The van der Waals surface area contributed by atoms with Gasteiger partial charge in [0.1, 0.15) is 0 Å². The molecule has 0 saturated heterocycles. The van der Waals surface area contributed by atoms with E-state index >= 15 is 0 Å². The molecular weight excluding hydrogens is 274 g/mol. The number of nitrogens with one attached hydrogen (secondary N) is 1. The molecule has 1 saturated carbocycles. The largest absolute Gasteiger partial charge is 0.384 e. The highest BCUT2D eigenvalue weighted by atomic mass is 32.2. The Morgan fingerprint density at radius 1 is 1.30 bits per heavy atom. The lowest BCUT2D eigenvalue weighted by Crippen LogP contribution is -2.49. The molecule has 5 heteroatoms. The second-order valence-corrected chi connectivity index (χ2v) is 8.98. The van der Waals surface area contributed by atoms with Crippen molar-refractivity contribution >= 4 is 9.84 Å². The van der Waals surface area contributed by atoms with Gasteiger partial charge in [0, 0.05) is 13.2 Å². The van der Waals surface area contributed by atoms with Crippen LogP contribution in [0.1, 0.15) is 46.5 Å². The Hall–Kier alpha value is -0.130. The highest BCUT2D eigenvalue weighted by Gasteiger charge is 2.42. The SMILES string of the molecule is CCC(C)(C)C1CCC(NC)C(S(=O)(=O)CCOC)C1. The van der Waals surface area contributed by atoms with E-state index in [1.807, 2.05) is 7.05 Å². The summed E-state index contributed by atoms with van der Waals surface area (Å²) in [5.74, 6) is 0.616. The van der Waals surface area contributed by atoms with Crippen molar-refractivity contribution in [1.29, 1.82) is 0 Å². The van der Waals surface area contributed by atoms with Gasteiger partial charge in [0.2, 0.25) is 0 Å². The molecule has 1 rings (SSSR count). The van der Waals surface area contributed by atoms with Crippen molar-refractivity contribution < 1.29 is 13.2 Å². The van der Waals surface area contributed by atoms with Gasteiger partial charge in [0.25, 0.3) is 0 Å². The summed E-state index contributed by atoms with van der Waals surface area (Å²) < 4.78 is 30.1. The molecule has 0 aromatic carbocycles. The van der Waals surface area contributed by atoms with E-state index in [0.717, 1.165) is 25.7 Å². The smallest absolute Gasteiger partial charge is 0.156 e. The van der Waals surface area contributed by atoms with Crippen LogP contribution in [0.2, 0.25) is 0 Å². The normalized spacial score (nSPS) is 28.6. The Morgan fingerprint density at radius 2 is 1.95 bits per heavy atom. The zero-order valence-corrected chi connectivity index (χ0v) is 14.4. The third kappa shape index (κ3) is 4.18. The molecule has 1 aliphatic rings. The first-order valence-electron chi connectivity index (χ1n) is 7.66. The molecule has 4 nitrogen and oxygen atoms in total. The Kier molecular flexibility index (Phi) is 6.48. The monoisotopic (exact) mass is 305 g/mol. The molecule has 0 aliphatic heterocycles. The highest BCUT2D eigenvalue weighted by Crippen LogP contribution is 2.42. The van der Waals surface area contributed by atoms with E-state index in [2.05, 4.69) is 26.1 Å². The van der Waals surface area contributed by atoms with Gasteiger partial charge in [-0.1, -0.05) is 27.2 Å². The van der Waals surface area contributed by atoms with Gasteiger partial charge in [0.05, 0.1) is 17.6 Å². The van der Waals surface area contributed by atoms with E-state index in [9.17, 15) is 8.42 Å². The average Bonchev–Trinajstić information content (AvgIpc) is 2.44. The van der Waals surface area contributed by atoms with Crippen molar-refractivity contribution in [3.8, 4) is 0 Å². The van der Waals surface area contributed by atoms with Gasteiger partial charge in [-0.05, 0) is 37.6 Å². The summed E-state index contributed by atoms with van der Waals surface area (Å²) in [6.45, 7) is 7.00. The third-order valence-electron chi connectivity index (χ3n) is 5.21. The molecule has 1 aliphatic carbocycles. The zero-order chi connectivity index (χ0) is 15.4. The molecule has 3 unspecified atom stereocenters. The van der Waals surface area contributed by atoms with E-state index in [1.54, 1.807) is 7.11 Å². The summed E-state index contributed by atoms with van der Waals surface area (Å²) >= 11 is 0. The molecule has 120 valence electrons. The number of methoxy groups -OCH3 is 1. The van der Waals surface area contributed by atoms with Crippen LogP contribution in [0.15, 0.2) is 0 Å². The van der Waals surface area contributed by atoms with Crippen LogP contribution in [-0.4, -0.2) is 46.2 Å². The minimum absolute atomic E-state index is 0.0840. The van der Waals surface area contributed by atoms with Crippen LogP contribution in [0.3, 0.4) is 0 Å².